The largest absolute Gasteiger partial charge is 0.380 e. The molecule has 2 aliphatic rings. The van der Waals surface area contributed by atoms with Crippen LogP contribution in [0.1, 0.15) is 32.6 Å². The van der Waals surface area contributed by atoms with Crippen LogP contribution in [-0.2, 0) is 4.74 Å². The molecule has 3 heteroatoms. The summed E-state index contributed by atoms with van der Waals surface area (Å²) in [6.07, 6.45) is 5.57. The minimum absolute atomic E-state index is 0.460. The quantitative estimate of drug-likeness (QED) is 0.693. The zero-order valence-corrected chi connectivity index (χ0v) is 10.5. The van der Waals surface area contributed by atoms with E-state index in [-0.39, 0.29) is 0 Å². The number of likely N-dealkylation sites (tertiary alicyclic amines) is 1. The monoisotopic (exact) mass is 231 g/mol. The van der Waals surface area contributed by atoms with Crippen molar-refractivity contribution in [3.8, 4) is 0 Å². The van der Waals surface area contributed by atoms with Crippen LogP contribution in [0, 0.1) is 5.92 Å². The van der Waals surface area contributed by atoms with E-state index in [1.165, 1.54) is 32.2 Å². The highest BCUT2D eigenvalue weighted by Crippen LogP contribution is 2.34. The van der Waals surface area contributed by atoms with Gasteiger partial charge in [0.05, 0.1) is 6.10 Å². The first-order chi connectivity index (χ1) is 7.27. The minimum atomic E-state index is 0.460. The predicted molar refractivity (Wildman–Crippen MR) is 63.4 cm³/mol. The van der Waals surface area contributed by atoms with Crippen LogP contribution in [0.4, 0.5) is 0 Å². The Morgan fingerprint density at radius 2 is 2.13 bits per heavy atom. The molecule has 0 amide bonds. The first kappa shape index (κ1) is 11.7. The zero-order valence-electron chi connectivity index (χ0n) is 9.79. The maximum Gasteiger partial charge on any atom is 0.0726 e. The highest BCUT2D eigenvalue weighted by Gasteiger charge is 2.39. The molecule has 0 aromatic carbocycles. The van der Waals surface area contributed by atoms with Crippen LogP contribution in [0.5, 0.6) is 0 Å². The molecule has 0 N–H and O–H groups in total. The summed E-state index contributed by atoms with van der Waals surface area (Å²) in [6, 6.07) is 1.29. The van der Waals surface area contributed by atoms with Crippen LogP contribution in [0.3, 0.4) is 0 Å². The number of hydrogen-bond donors (Lipinski definition) is 0. The summed E-state index contributed by atoms with van der Waals surface area (Å²) in [6.45, 7) is 3.54. The number of ether oxygens (including phenoxy) is 1. The molecule has 1 aliphatic carbocycles. The number of nitrogens with zero attached hydrogens (tertiary/aromatic N) is 1. The lowest BCUT2D eigenvalue weighted by molar-refractivity contribution is 0.0274. The third-order valence-corrected chi connectivity index (χ3v) is 4.70. The van der Waals surface area contributed by atoms with Gasteiger partial charge in [0.1, 0.15) is 0 Å². The minimum Gasteiger partial charge on any atom is -0.380 e. The van der Waals surface area contributed by atoms with E-state index in [1.54, 1.807) is 0 Å². The molecule has 2 nitrogen and oxygen atoms in total. The number of rotatable bonds is 3. The SMILES string of the molecule is COC1CCCC1N1CCC(CCl)C1C. The first-order valence-corrected chi connectivity index (χ1v) is 6.66. The maximum atomic E-state index is 5.99. The van der Waals surface area contributed by atoms with Gasteiger partial charge in [0, 0.05) is 25.1 Å². The number of alkyl halides is 1. The standard InChI is InChI=1S/C12H22ClNO/c1-9-10(8-13)6-7-14(9)11-4-3-5-12(11)15-2/h9-12H,3-8H2,1-2H3. The molecule has 4 atom stereocenters. The summed E-state index contributed by atoms with van der Waals surface area (Å²) in [7, 11) is 1.85. The van der Waals surface area contributed by atoms with Crippen LogP contribution >= 0.6 is 11.6 Å². The van der Waals surface area contributed by atoms with Gasteiger partial charge in [-0.05, 0) is 45.1 Å². The Kier molecular flexibility index (Phi) is 3.92. The van der Waals surface area contributed by atoms with Gasteiger partial charge in [0.15, 0.2) is 0 Å². The summed E-state index contributed by atoms with van der Waals surface area (Å²) in [5.74, 6) is 1.49. The van der Waals surface area contributed by atoms with E-state index in [4.69, 9.17) is 16.3 Å². The van der Waals surface area contributed by atoms with Crippen molar-refractivity contribution in [3.63, 3.8) is 0 Å². The molecule has 1 heterocycles. The lowest BCUT2D eigenvalue weighted by Crippen LogP contribution is -2.44. The Bertz CT molecular complexity index is 212. The third kappa shape index (κ3) is 2.17. The molecule has 0 aromatic heterocycles. The van der Waals surface area contributed by atoms with Gasteiger partial charge >= 0.3 is 0 Å². The van der Waals surface area contributed by atoms with Gasteiger partial charge in [-0.25, -0.2) is 0 Å². The van der Waals surface area contributed by atoms with Crippen molar-refractivity contribution < 1.29 is 4.74 Å². The van der Waals surface area contributed by atoms with Gasteiger partial charge in [-0.15, -0.1) is 11.6 Å². The van der Waals surface area contributed by atoms with Crippen LogP contribution in [0.2, 0.25) is 0 Å². The van der Waals surface area contributed by atoms with Crippen molar-refractivity contribution in [3.05, 3.63) is 0 Å². The smallest absolute Gasteiger partial charge is 0.0726 e. The van der Waals surface area contributed by atoms with Gasteiger partial charge in [-0.3, -0.25) is 4.90 Å². The lowest BCUT2D eigenvalue weighted by atomic mass is 10.0. The van der Waals surface area contributed by atoms with Gasteiger partial charge < -0.3 is 4.74 Å². The molecular weight excluding hydrogens is 210 g/mol. The fourth-order valence-electron chi connectivity index (χ4n) is 3.27. The van der Waals surface area contributed by atoms with E-state index >= 15 is 0 Å². The fraction of sp³-hybridized carbons (Fsp3) is 1.00. The van der Waals surface area contributed by atoms with Crippen molar-refractivity contribution in [1.82, 2.24) is 4.90 Å². The van der Waals surface area contributed by atoms with Gasteiger partial charge in [0.25, 0.3) is 0 Å². The molecule has 1 saturated heterocycles. The maximum absolute atomic E-state index is 5.99. The first-order valence-electron chi connectivity index (χ1n) is 6.12. The van der Waals surface area contributed by atoms with Crippen molar-refractivity contribution in [2.75, 3.05) is 19.5 Å². The molecule has 0 radical (unpaired) electrons. The number of hydrogen-bond acceptors (Lipinski definition) is 2. The van der Waals surface area contributed by atoms with E-state index in [0.717, 1.165) is 5.88 Å². The van der Waals surface area contributed by atoms with E-state index in [9.17, 15) is 0 Å². The summed E-state index contributed by atoms with van der Waals surface area (Å²) >= 11 is 5.99. The average molecular weight is 232 g/mol. The van der Waals surface area contributed by atoms with E-state index in [2.05, 4.69) is 11.8 Å². The molecule has 4 unspecified atom stereocenters. The second kappa shape index (κ2) is 5.03. The Balaban J connectivity index is 1.99. The molecule has 88 valence electrons. The summed E-state index contributed by atoms with van der Waals surface area (Å²) in [4.78, 5) is 2.63. The molecule has 1 aliphatic heterocycles. The van der Waals surface area contributed by atoms with E-state index < -0.39 is 0 Å². The normalized spacial score (nSPS) is 42.6. The predicted octanol–water partition coefficient (Wildman–Crippen LogP) is 2.50. The van der Waals surface area contributed by atoms with Crippen molar-refractivity contribution in [1.29, 1.82) is 0 Å². The van der Waals surface area contributed by atoms with Crippen LogP contribution < -0.4 is 0 Å². The molecule has 2 rings (SSSR count). The summed E-state index contributed by atoms with van der Waals surface area (Å²) in [5, 5.41) is 0. The number of methoxy groups -OCH3 is 1. The highest BCUT2D eigenvalue weighted by molar-refractivity contribution is 6.18. The Morgan fingerprint density at radius 1 is 1.33 bits per heavy atom. The Hall–Kier alpha value is 0.210. The second-order valence-electron chi connectivity index (χ2n) is 4.95. The van der Waals surface area contributed by atoms with Crippen LogP contribution in [0.25, 0.3) is 0 Å². The Morgan fingerprint density at radius 3 is 2.73 bits per heavy atom. The van der Waals surface area contributed by atoms with Crippen molar-refractivity contribution >= 4 is 11.6 Å². The summed E-state index contributed by atoms with van der Waals surface area (Å²) < 4.78 is 5.58. The topological polar surface area (TPSA) is 12.5 Å². The zero-order chi connectivity index (χ0) is 10.8. The summed E-state index contributed by atoms with van der Waals surface area (Å²) in [5.41, 5.74) is 0. The molecule has 15 heavy (non-hydrogen) atoms. The van der Waals surface area contributed by atoms with Gasteiger partial charge in [-0.1, -0.05) is 0 Å². The molecule has 0 spiro atoms. The van der Waals surface area contributed by atoms with Crippen LogP contribution in [0.15, 0.2) is 0 Å². The van der Waals surface area contributed by atoms with E-state index in [1.807, 2.05) is 7.11 Å². The number of halogens is 1. The lowest BCUT2D eigenvalue weighted by Gasteiger charge is -2.33. The highest BCUT2D eigenvalue weighted by atomic mass is 35.5. The fourth-order valence-corrected chi connectivity index (χ4v) is 3.68. The average Bonchev–Trinajstić information content (AvgIpc) is 2.83. The Labute approximate surface area is 97.9 Å². The molecule has 2 fully saturated rings. The van der Waals surface area contributed by atoms with Crippen molar-refractivity contribution in [2.45, 2.75) is 50.8 Å². The van der Waals surface area contributed by atoms with Gasteiger partial charge in [0.2, 0.25) is 0 Å². The molecular formula is C12H22ClNO. The molecule has 0 bridgehead atoms. The third-order valence-electron chi connectivity index (χ3n) is 4.31. The molecule has 1 saturated carbocycles. The van der Waals surface area contributed by atoms with Gasteiger partial charge in [-0.2, -0.15) is 0 Å². The van der Waals surface area contributed by atoms with Crippen LogP contribution in [-0.4, -0.2) is 42.6 Å². The van der Waals surface area contributed by atoms with E-state index in [0.29, 0.717) is 24.1 Å². The molecule has 0 aromatic rings. The second-order valence-corrected chi connectivity index (χ2v) is 5.26. The van der Waals surface area contributed by atoms with Crippen molar-refractivity contribution in [2.24, 2.45) is 5.92 Å².